The summed E-state index contributed by atoms with van der Waals surface area (Å²) in [4.78, 5) is 21.6. The molecule has 0 amide bonds. The standard InChI is InChI=1S/C10H11FN4O4/c11-5-7(17)4(1-16)19-10(5)15-3-14-6-8(15)12-2-13-9(6)18/h2-5,7,10,16-17H,1H2,(H,12,13,18). The highest BCUT2D eigenvalue weighted by Crippen LogP contribution is 2.32. The number of aromatic nitrogens is 4. The number of nitrogens with one attached hydrogen (secondary N) is 1. The first-order valence-corrected chi connectivity index (χ1v) is 5.62. The maximum atomic E-state index is 14.0. The van der Waals surface area contributed by atoms with Gasteiger partial charge in [-0.3, -0.25) is 9.36 Å². The number of hydrogen-bond acceptors (Lipinski definition) is 6. The van der Waals surface area contributed by atoms with E-state index in [1.54, 1.807) is 0 Å². The summed E-state index contributed by atoms with van der Waals surface area (Å²) in [6, 6.07) is 0. The number of aromatic amines is 1. The van der Waals surface area contributed by atoms with Crippen molar-refractivity contribution in [3.63, 3.8) is 0 Å². The zero-order chi connectivity index (χ0) is 13.6. The van der Waals surface area contributed by atoms with Gasteiger partial charge in [0, 0.05) is 0 Å². The second kappa shape index (κ2) is 4.37. The largest absolute Gasteiger partial charge is 0.394 e. The van der Waals surface area contributed by atoms with E-state index in [4.69, 9.17) is 9.84 Å². The lowest BCUT2D eigenvalue weighted by molar-refractivity contribution is -0.0459. The molecule has 1 aliphatic heterocycles. The fourth-order valence-electron chi connectivity index (χ4n) is 2.13. The third-order valence-electron chi connectivity index (χ3n) is 3.11. The molecule has 9 heteroatoms. The number of nitrogens with zero attached hydrogens (tertiary/aromatic N) is 3. The fraction of sp³-hybridized carbons (Fsp3) is 0.500. The second-order valence-electron chi connectivity index (χ2n) is 4.24. The van der Waals surface area contributed by atoms with Gasteiger partial charge in [0.25, 0.3) is 5.56 Å². The monoisotopic (exact) mass is 270 g/mol. The zero-order valence-electron chi connectivity index (χ0n) is 9.60. The van der Waals surface area contributed by atoms with Gasteiger partial charge in [0.15, 0.2) is 23.6 Å². The van der Waals surface area contributed by atoms with E-state index < -0.39 is 36.8 Å². The molecule has 2 aromatic heterocycles. The van der Waals surface area contributed by atoms with Gasteiger partial charge in [-0.15, -0.1) is 0 Å². The lowest BCUT2D eigenvalue weighted by atomic mass is 10.1. The van der Waals surface area contributed by atoms with Crippen molar-refractivity contribution in [2.24, 2.45) is 0 Å². The van der Waals surface area contributed by atoms with E-state index >= 15 is 0 Å². The maximum absolute atomic E-state index is 14.0. The number of halogens is 1. The molecule has 0 radical (unpaired) electrons. The highest BCUT2D eigenvalue weighted by Gasteiger charge is 2.45. The molecule has 19 heavy (non-hydrogen) atoms. The zero-order valence-corrected chi connectivity index (χ0v) is 9.60. The maximum Gasteiger partial charge on any atom is 0.278 e. The van der Waals surface area contributed by atoms with Gasteiger partial charge in [0.05, 0.1) is 19.3 Å². The van der Waals surface area contributed by atoms with Crippen LogP contribution in [0.2, 0.25) is 0 Å². The van der Waals surface area contributed by atoms with Crippen molar-refractivity contribution in [1.29, 1.82) is 0 Å². The Hall–Kier alpha value is -1.84. The van der Waals surface area contributed by atoms with Crippen molar-refractivity contribution in [2.75, 3.05) is 6.61 Å². The van der Waals surface area contributed by atoms with Gasteiger partial charge in [0.1, 0.15) is 12.2 Å². The molecule has 3 N–H and O–H groups in total. The molecule has 1 aliphatic rings. The second-order valence-corrected chi connectivity index (χ2v) is 4.24. The molecule has 1 saturated heterocycles. The van der Waals surface area contributed by atoms with Crippen LogP contribution in [0, 0.1) is 0 Å². The molecule has 0 aromatic carbocycles. The minimum absolute atomic E-state index is 0.0558. The summed E-state index contributed by atoms with van der Waals surface area (Å²) in [6.45, 7) is -0.501. The summed E-state index contributed by atoms with van der Waals surface area (Å²) in [5.41, 5.74) is -0.237. The van der Waals surface area contributed by atoms with E-state index in [2.05, 4.69) is 15.0 Å². The third-order valence-corrected chi connectivity index (χ3v) is 3.11. The molecule has 3 heterocycles. The Bertz CT molecular complexity index is 656. The Morgan fingerprint density at radius 1 is 1.53 bits per heavy atom. The Kier molecular flexibility index (Phi) is 2.81. The minimum atomic E-state index is -1.74. The topological polar surface area (TPSA) is 113 Å². The predicted octanol–water partition coefficient (Wildman–Crippen LogP) is -1.29. The first-order valence-electron chi connectivity index (χ1n) is 5.62. The van der Waals surface area contributed by atoms with Crippen LogP contribution in [-0.2, 0) is 4.74 Å². The van der Waals surface area contributed by atoms with Crippen molar-refractivity contribution in [1.82, 2.24) is 19.5 Å². The number of aliphatic hydroxyl groups excluding tert-OH is 2. The van der Waals surface area contributed by atoms with Gasteiger partial charge in [-0.2, -0.15) is 0 Å². The van der Waals surface area contributed by atoms with Crippen LogP contribution in [0.4, 0.5) is 4.39 Å². The predicted molar refractivity (Wildman–Crippen MR) is 60.0 cm³/mol. The SMILES string of the molecule is O=c1[nH]cnc2c1ncn2C1OC(CO)C(O)C1F. The molecular formula is C10H11FN4O4. The van der Waals surface area contributed by atoms with E-state index in [1.165, 1.54) is 17.2 Å². The Morgan fingerprint density at radius 2 is 2.32 bits per heavy atom. The average molecular weight is 270 g/mol. The number of alkyl halides is 1. The van der Waals surface area contributed by atoms with E-state index in [1.807, 2.05) is 0 Å². The van der Waals surface area contributed by atoms with E-state index in [-0.39, 0.29) is 11.2 Å². The summed E-state index contributed by atoms with van der Waals surface area (Å²) in [5, 5.41) is 18.6. The van der Waals surface area contributed by atoms with Crippen molar-refractivity contribution >= 4 is 11.2 Å². The van der Waals surface area contributed by atoms with Gasteiger partial charge < -0.3 is 19.9 Å². The molecule has 0 bridgehead atoms. The first-order chi connectivity index (χ1) is 9.13. The van der Waals surface area contributed by atoms with Gasteiger partial charge in [-0.25, -0.2) is 14.4 Å². The molecule has 0 aliphatic carbocycles. The van der Waals surface area contributed by atoms with Crippen LogP contribution in [0.3, 0.4) is 0 Å². The molecule has 4 atom stereocenters. The highest BCUT2D eigenvalue weighted by atomic mass is 19.1. The minimum Gasteiger partial charge on any atom is -0.394 e. The normalized spacial score (nSPS) is 31.1. The Balaban J connectivity index is 2.06. The van der Waals surface area contributed by atoms with E-state index in [0.29, 0.717) is 0 Å². The summed E-state index contributed by atoms with van der Waals surface area (Å²) >= 11 is 0. The smallest absolute Gasteiger partial charge is 0.278 e. The number of imidazole rings is 1. The molecule has 0 spiro atoms. The van der Waals surface area contributed by atoms with Crippen LogP contribution in [0.5, 0.6) is 0 Å². The molecule has 0 saturated carbocycles. The highest BCUT2D eigenvalue weighted by molar-refractivity contribution is 5.68. The fourth-order valence-corrected chi connectivity index (χ4v) is 2.13. The summed E-state index contributed by atoms with van der Waals surface area (Å²) in [6.07, 6.45) is -2.97. The Labute approximate surface area is 105 Å². The van der Waals surface area contributed by atoms with Crippen LogP contribution in [0.25, 0.3) is 11.2 Å². The van der Waals surface area contributed by atoms with E-state index in [0.717, 1.165) is 0 Å². The van der Waals surface area contributed by atoms with Crippen LogP contribution < -0.4 is 5.56 Å². The first kappa shape index (κ1) is 12.2. The lowest BCUT2D eigenvalue weighted by Crippen LogP contribution is -2.30. The number of hydrogen-bond donors (Lipinski definition) is 3. The molecule has 3 rings (SSSR count). The van der Waals surface area contributed by atoms with Crippen LogP contribution in [0.1, 0.15) is 6.23 Å². The van der Waals surface area contributed by atoms with Gasteiger partial charge in [-0.1, -0.05) is 0 Å². The number of rotatable bonds is 2. The van der Waals surface area contributed by atoms with Crippen LogP contribution >= 0.6 is 0 Å². The quantitative estimate of drug-likeness (QED) is 0.625. The van der Waals surface area contributed by atoms with Gasteiger partial charge in [0.2, 0.25) is 0 Å². The molecule has 102 valence electrons. The van der Waals surface area contributed by atoms with E-state index in [9.17, 15) is 14.3 Å². The number of aliphatic hydroxyl groups is 2. The van der Waals surface area contributed by atoms with Crippen molar-refractivity contribution in [3.05, 3.63) is 23.0 Å². The molecule has 4 unspecified atom stereocenters. The van der Waals surface area contributed by atoms with Gasteiger partial charge in [-0.05, 0) is 0 Å². The molecule has 8 nitrogen and oxygen atoms in total. The van der Waals surface area contributed by atoms with Crippen molar-refractivity contribution in [2.45, 2.75) is 24.6 Å². The average Bonchev–Trinajstić information content (AvgIpc) is 2.94. The number of fused-ring (bicyclic) bond motifs is 1. The number of ether oxygens (including phenoxy) is 1. The molecular weight excluding hydrogens is 259 g/mol. The summed E-state index contributed by atoms with van der Waals surface area (Å²) in [7, 11) is 0. The lowest BCUT2D eigenvalue weighted by Gasteiger charge is -2.14. The van der Waals surface area contributed by atoms with Crippen molar-refractivity contribution in [3.8, 4) is 0 Å². The molecule has 1 fully saturated rings. The number of H-pyrrole nitrogens is 1. The van der Waals surface area contributed by atoms with Crippen molar-refractivity contribution < 1.29 is 19.3 Å². The third kappa shape index (κ3) is 1.74. The van der Waals surface area contributed by atoms with Crippen LogP contribution in [-0.4, -0.2) is 54.7 Å². The summed E-state index contributed by atoms with van der Waals surface area (Å²) in [5.74, 6) is 0. The van der Waals surface area contributed by atoms with Gasteiger partial charge >= 0.3 is 0 Å². The summed E-state index contributed by atoms with van der Waals surface area (Å²) < 4.78 is 20.4. The van der Waals surface area contributed by atoms with Crippen LogP contribution in [0.15, 0.2) is 17.4 Å². The molecule has 2 aromatic rings. The Morgan fingerprint density at radius 3 is 3.00 bits per heavy atom.